The lowest BCUT2D eigenvalue weighted by Crippen LogP contribution is -2.16. The Kier molecular flexibility index (Phi) is 4.41. The minimum atomic E-state index is -4.59. The van der Waals surface area contributed by atoms with Crippen LogP contribution in [0.1, 0.15) is 21.6 Å². The van der Waals surface area contributed by atoms with E-state index in [2.05, 4.69) is 15.5 Å². The van der Waals surface area contributed by atoms with Gasteiger partial charge in [0.2, 0.25) is 0 Å². The molecule has 8 heteroatoms. The first-order valence-corrected chi connectivity index (χ1v) is 7.58. The number of anilines is 1. The third-order valence-electron chi connectivity index (χ3n) is 3.73. The average Bonchev–Trinajstić information content (AvgIpc) is 3.04. The lowest BCUT2D eigenvalue weighted by molar-refractivity contribution is -0.136. The highest BCUT2D eigenvalue weighted by atomic mass is 19.4. The van der Waals surface area contributed by atoms with E-state index >= 15 is 0 Å². The molecule has 26 heavy (non-hydrogen) atoms. The molecule has 5 nitrogen and oxygen atoms in total. The molecule has 0 aliphatic heterocycles. The molecule has 0 spiro atoms. The van der Waals surface area contributed by atoms with Gasteiger partial charge in [0.1, 0.15) is 11.4 Å². The van der Waals surface area contributed by atoms with Gasteiger partial charge in [0.05, 0.1) is 16.9 Å². The number of aromatic nitrogens is 2. The first kappa shape index (κ1) is 17.5. The van der Waals surface area contributed by atoms with Crippen LogP contribution in [0.2, 0.25) is 0 Å². The third-order valence-corrected chi connectivity index (χ3v) is 3.73. The summed E-state index contributed by atoms with van der Waals surface area (Å²) in [6.45, 7) is 1.81. The van der Waals surface area contributed by atoms with Crippen LogP contribution in [0.5, 0.6) is 5.75 Å². The number of para-hydroxylation sites is 1. The zero-order valence-corrected chi connectivity index (χ0v) is 13.6. The maximum absolute atomic E-state index is 13.0. The molecule has 2 aromatic carbocycles. The number of phenols is 1. The Bertz CT molecular complexity index is 964. The molecule has 1 aromatic heterocycles. The number of aromatic amines is 1. The van der Waals surface area contributed by atoms with Gasteiger partial charge in [-0.25, -0.2) is 0 Å². The van der Waals surface area contributed by atoms with Gasteiger partial charge in [-0.1, -0.05) is 18.2 Å². The molecule has 0 saturated carbocycles. The number of alkyl halides is 3. The normalized spacial score (nSPS) is 11.4. The van der Waals surface area contributed by atoms with E-state index in [1.807, 2.05) is 6.92 Å². The molecule has 0 bridgehead atoms. The highest BCUT2D eigenvalue weighted by Crippen LogP contribution is 2.35. The number of hydrogen-bond donors (Lipinski definition) is 3. The van der Waals surface area contributed by atoms with Crippen molar-refractivity contribution in [3.05, 3.63) is 65.4 Å². The van der Waals surface area contributed by atoms with E-state index in [1.165, 1.54) is 24.3 Å². The van der Waals surface area contributed by atoms with Crippen LogP contribution in [-0.2, 0) is 6.18 Å². The number of halogens is 3. The fraction of sp³-hybridized carbons (Fsp3) is 0.111. The summed E-state index contributed by atoms with van der Waals surface area (Å²) in [6, 6.07) is 11.0. The second kappa shape index (κ2) is 6.55. The Labute approximate surface area is 146 Å². The van der Waals surface area contributed by atoms with Crippen LogP contribution in [0.25, 0.3) is 11.3 Å². The topological polar surface area (TPSA) is 78.0 Å². The minimum absolute atomic E-state index is 0.00845. The van der Waals surface area contributed by atoms with Crippen LogP contribution >= 0.6 is 0 Å². The predicted octanol–water partition coefficient (Wildman–Crippen LogP) is 4.36. The first-order chi connectivity index (χ1) is 12.3. The Morgan fingerprint density at radius 3 is 2.58 bits per heavy atom. The molecule has 0 unspecified atom stereocenters. The molecule has 0 aliphatic rings. The van der Waals surface area contributed by atoms with Crippen molar-refractivity contribution in [2.45, 2.75) is 13.1 Å². The van der Waals surface area contributed by atoms with Crippen molar-refractivity contribution in [1.29, 1.82) is 0 Å². The number of H-pyrrole nitrogens is 1. The number of hydrogen-bond acceptors (Lipinski definition) is 3. The summed E-state index contributed by atoms with van der Waals surface area (Å²) in [7, 11) is 0. The van der Waals surface area contributed by atoms with E-state index in [4.69, 9.17) is 0 Å². The van der Waals surface area contributed by atoms with E-state index in [-0.39, 0.29) is 17.1 Å². The van der Waals surface area contributed by atoms with Gasteiger partial charge >= 0.3 is 6.18 Å². The monoisotopic (exact) mass is 361 g/mol. The van der Waals surface area contributed by atoms with E-state index in [9.17, 15) is 23.1 Å². The third kappa shape index (κ3) is 3.53. The highest BCUT2D eigenvalue weighted by molar-refractivity contribution is 6.04. The van der Waals surface area contributed by atoms with E-state index in [1.54, 1.807) is 18.2 Å². The fourth-order valence-corrected chi connectivity index (χ4v) is 2.46. The van der Waals surface area contributed by atoms with Crippen LogP contribution in [0.4, 0.5) is 18.9 Å². The summed E-state index contributed by atoms with van der Waals surface area (Å²) < 4.78 is 39.0. The van der Waals surface area contributed by atoms with Crippen LogP contribution in [0.15, 0.2) is 48.5 Å². The van der Waals surface area contributed by atoms with Gasteiger partial charge in [-0.15, -0.1) is 0 Å². The summed E-state index contributed by atoms with van der Waals surface area (Å²) in [5.41, 5.74) is 0.238. The van der Waals surface area contributed by atoms with Gasteiger partial charge in [0.25, 0.3) is 5.91 Å². The zero-order valence-electron chi connectivity index (χ0n) is 13.6. The zero-order chi connectivity index (χ0) is 18.9. The van der Waals surface area contributed by atoms with Crippen molar-refractivity contribution >= 4 is 11.6 Å². The molecular formula is C18H14F3N3O2. The average molecular weight is 361 g/mol. The van der Waals surface area contributed by atoms with Crippen molar-refractivity contribution in [1.82, 2.24) is 10.2 Å². The maximum atomic E-state index is 13.0. The Morgan fingerprint density at radius 1 is 1.15 bits per heavy atom. The highest BCUT2D eigenvalue weighted by Gasteiger charge is 2.33. The summed E-state index contributed by atoms with van der Waals surface area (Å²) >= 11 is 0. The number of aromatic hydroxyl groups is 1. The van der Waals surface area contributed by atoms with Gasteiger partial charge in [0, 0.05) is 5.56 Å². The van der Waals surface area contributed by atoms with Gasteiger partial charge in [0.15, 0.2) is 0 Å². The SMILES string of the molecule is Cc1ccc(-c2cc(C(=O)Nc3ccccc3C(F)(F)F)[nH]n2)c(O)c1. The number of nitrogens with zero attached hydrogens (tertiary/aromatic N) is 1. The van der Waals surface area contributed by atoms with Crippen molar-refractivity contribution in [2.24, 2.45) is 0 Å². The Morgan fingerprint density at radius 2 is 1.88 bits per heavy atom. The van der Waals surface area contributed by atoms with Gasteiger partial charge < -0.3 is 10.4 Å². The summed E-state index contributed by atoms with van der Waals surface area (Å²) in [4.78, 5) is 12.3. The van der Waals surface area contributed by atoms with Gasteiger partial charge in [-0.2, -0.15) is 18.3 Å². The summed E-state index contributed by atoms with van der Waals surface area (Å²) in [6.07, 6.45) is -4.59. The number of carbonyl (C=O) groups is 1. The first-order valence-electron chi connectivity index (χ1n) is 7.58. The number of nitrogens with one attached hydrogen (secondary N) is 2. The molecule has 1 heterocycles. The number of aryl methyl sites for hydroxylation is 1. The molecule has 0 fully saturated rings. The summed E-state index contributed by atoms with van der Waals surface area (Å²) in [5.74, 6) is -0.780. The quantitative estimate of drug-likeness (QED) is 0.649. The Balaban J connectivity index is 1.86. The van der Waals surface area contributed by atoms with Gasteiger partial charge in [-0.3, -0.25) is 9.89 Å². The van der Waals surface area contributed by atoms with E-state index < -0.39 is 17.6 Å². The standard InChI is InChI=1S/C18H14F3N3O2/c1-10-6-7-11(16(25)8-10)14-9-15(24-23-14)17(26)22-13-5-3-2-4-12(13)18(19,20)21/h2-9,25H,1H3,(H,22,26)(H,23,24). The number of phenolic OH excluding ortho intramolecular Hbond substituents is 1. The number of benzene rings is 2. The molecule has 3 rings (SSSR count). The molecule has 0 atom stereocenters. The van der Waals surface area contributed by atoms with Crippen molar-refractivity contribution in [3.63, 3.8) is 0 Å². The second-order valence-electron chi connectivity index (χ2n) is 5.68. The molecule has 0 saturated heterocycles. The van der Waals surface area contributed by atoms with Crippen molar-refractivity contribution < 1.29 is 23.1 Å². The van der Waals surface area contributed by atoms with E-state index in [0.717, 1.165) is 11.6 Å². The fourth-order valence-electron chi connectivity index (χ4n) is 2.46. The van der Waals surface area contributed by atoms with Crippen LogP contribution < -0.4 is 5.32 Å². The number of carbonyl (C=O) groups excluding carboxylic acids is 1. The van der Waals surface area contributed by atoms with Crippen molar-refractivity contribution in [2.75, 3.05) is 5.32 Å². The van der Waals surface area contributed by atoms with Crippen LogP contribution in [0, 0.1) is 6.92 Å². The molecular weight excluding hydrogens is 347 g/mol. The predicted molar refractivity (Wildman–Crippen MR) is 89.8 cm³/mol. The second-order valence-corrected chi connectivity index (χ2v) is 5.68. The smallest absolute Gasteiger partial charge is 0.418 e. The molecule has 3 N–H and O–H groups in total. The lowest BCUT2D eigenvalue weighted by Gasteiger charge is -2.12. The summed E-state index contributed by atoms with van der Waals surface area (Å²) in [5, 5.41) is 18.6. The lowest BCUT2D eigenvalue weighted by atomic mass is 10.1. The van der Waals surface area contributed by atoms with Crippen molar-refractivity contribution in [3.8, 4) is 17.0 Å². The molecule has 0 radical (unpaired) electrons. The number of rotatable bonds is 3. The maximum Gasteiger partial charge on any atom is 0.418 e. The molecule has 134 valence electrons. The molecule has 0 aliphatic carbocycles. The molecule has 3 aromatic rings. The number of amides is 1. The van der Waals surface area contributed by atoms with Crippen LogP contribution in [-0.4, -0.2) is 21.2 Å². The van der Waals surface area contributed by atoms with E-state index in [0.29, 0.717) is 11.3 Å². The Hall–Kier alpha value is -3.29. The largest absolute Gasteiger partial charge is 0.507 e. The minimum Gasteiger partial charge on any atom is -0.507 e. The molecule has 1 amide bonds. The van der Waals surface area contributed by atoms with Gasteiger partial charge in [-0.05, 0) is 42.8 Å². The van der Waals surface area contributed by atoms with Crippen LogP contribution in [0.3, 0.4) is 0 Å².